The van der Waals surface area contributed by atoms with Gasteiger partial charge in [0.1, 0.15) is 23.5 Å². The average molecular weight is 398 g/mol. The number of nitrogens with one attached hydrogen (secondary N) is 1. The van der Waals surface area contributed by atoms with Crippen molar-refractivity contribution in [2.45, 2.75) is 13.0 Å². The molecule has 142 valence electrons. The third-order valence-electron chi connectivity index (χ3n) is 4.03. The zero-order valence-electron chi connectivity index (χ0n) is 14.7. The molecule has 2 aromatic carbocycles. The molecule has 3 N–H and O–H groups in total. The SMILES string of the molecule is O=C(Cc1ccc2oc(=O)c(C#CCO)cc2c1O)NCc1ccc(Cl)cc1. The van der Waals surface area contributed by atoms with Crippen molar-refractivity contribution in [1.82, 2.24) is 5.32 Å². The van der Waals surface area contributed by atoms with Gasteiger partial charge in [-0.2, -0.15) is 0 Å². The Kier molecular flexibility index (Phi) is 5.99. The number of aliphatic hydroxyl groups is 1. The van der Waals surface area contributed by atoms with Gasteiger partial charge in [0.25, 0.3) is 0 Å². The monoisotopic (exact) mass is 397 g/mol. The van der Waals surface area contributed by atoms with E-state index in [1.807, 2.05) is 12.1 Å². The number of amides is 1. The molecule has 0 saturated carbocycles. The predicted octanol–water partition coefficient (Wildman–Crippen LogP) is 2.35. The van der Waals surface area contributed by atoms with E-state index in [4.69, 9.17) is 21.1 Å². The third-order valence-corrected chi connectivity index (χ3v) is 4.28. The Labute approximate surface area is 165 Å². The molecule has 7 heteroatoms. The second-order valence-electron chi connectivity index (χ2n) is 5.97. The van der Waals surface area contributed by atoms with Crippen molar-refractivity contribution in [3.05, 3.63) is 74.6 Å². The summed E-state index contributed by atoms with van der Waals surface area (Å²) in [5.41, 5.74) is 0.815. The van der Waals surface area contributed by atoms with Crippen LogP contribution in [0.2, 0.25) is 5.02 Å². The molecule has 0 aliphatic carbocycles. The number of rotatable bonds is 4. The van der Waals surface area contributed by atoms with Crippen LogP contribution in [0.3, 0.4) is 0 Å². The van der Waals surface area contributed by atoms with Crippen molar-refractivity contribution in [1.29, 1.82) is 0 Å². The number of halogens is 1. The van der Waals surface area contributed by atoms with Crippen molar-refractivity contribution >= 4 is 28.5 Å². The van der Waals surface area contributed by atoms with Crippen LogP contribution >= 0.6 is 11.6 Å². The largest absolute Gasteiger partial charge is 0.507 e. The molecular weight excluding hydrogens is 382 g/mol. The number of carbonyl (C=O) groups excluding carboxylic acids is 1. The van der Waals surface area contributed by atoms with E-state index in [-0.39, 0.29) is 34.6 Å². The first kappa shape index (κ1) is 19.5. The lowest BCUT2D eigenvalue weighted by Gasteiger charge is -2.09. The molecule has 1 heterocycles. The Balaban J connectivity index is 1.79. The second kappa shape index (κ2) is 8.61. The molecule has 0 atom stereocenters. The van der Waals surface area contributed by atoms with Gasteiger partial charge in [0.05, 0.1) is 11.8 Å². The van der Waals surface area contributed by atoms with Crippen molar-refractivity contribution in [2.24, 2.45) is 0 Å². The second-order valence-corrected chi connectivity index (χ2v) is 6.41. The van der Waals surface area contributed by atoms with Gasteiger partial charge >= 0.3 is 5.63 Å². The first-order valence-corrected chi connectivity index (χ1v) is 8.75. The van der Waals surface area contributed by atoms with Gasteiger partial charge < -0.3 is 19.9 Å². The van der Waals surface area contributed by atoms with E-state index in [9.17, 15) is 14.7 Å². The number of hydrogen-bond donors (Lipinski definition) is 3. The van der Waals surface area contributed by atoms with Crippen LogP contribution in [0.4, 0.5) is 0 Å². The molecule has 3 aromatic rings. The molecule has 0 unspecified atom stereocenters. The van der Waals surface area contributed by atoms with E-state index >= 15 is 0 Å². The van der Waals surface area contributed by atoms with Gasteiger partial charge in [-0.3, -0.25) is 4.79 Å². The van der Waals surface area contributed by atoms with Crippen molar-refractivity contribution in [2.75, 3.05) is 6.61 Å². The molecule has 28 heavy (non-hydrogen) atoms. The number of carbonyl (C=O) groups is 1. The summed E-state index contributed by atoms with van der Waals surface area (Å²) >= 11 is 5.83. The Morgan fingerprint density at radius 2 is 1.93 bits per heavy atom. The van der Waals surface area contributed by atoms with Crippen LogP contribution < -0.4 is 10.9 Å². The van der Waals surface area contributed by atoms with E-state index in [0.717, 1.165) is 5.56 Å². The number of fused-ring (bicyclic) bond motifs is 1. The summed E-state index contributed by atoms with van der Waals surface area (Å²) in [5, 5.41) is 22.9. The van der Waals surface area contributed by atoms with Crippen molar-refractivity contribution < 1.29 is 19.4 Å². The standard InChI is InChI=1S/C21H16ClNO5/c22-16-6-3-13(4-7-16)12-23-19(25)11-14-5-8-18-17(20(14)26)10-15(2-1-9-24)21(27)28-18/h3-8,10,24,26H,9,11-12H2,(H,23,25). The molecule has 0 spiro atoms. The fourth-order valence-electron chi connectivity index (χ4n) is 2.62. The molecule has 1 aromatic heterocycles. The van der Waals surface area contributed by atoms with Crippen LogP contribution in [0.1, 0.15) is 16.7 Å². The predicted molar refractivity (Wildman–Crippen MR) is 105 cm³/mol. The lowest BCUT2D eigenvalue weighted by atomic mass is 10.1. The molecule has 0 radical (unpaired) electrons. The topological polar surface area (TPSA) is 99.8 Å². The first-order valence-electron chi connectivity index (χ1n) is 8.37. The van der Waals surface area contributed by atoms with Crippen LogP contribution in [-0.4, -0.2) is 22.7 Å². The summed E-state index contributed by atoms with van der Waals surface area (Å²) in [6.07, 6.45) is -0.0495. The molecule has 0 aliphatic rings. The van der Waals surface area contributed by atoms with E-state index < -0.39 is 12.2 Å². The summed E-state index contributed by atoms with van der Waals surface area (Å²) in [5.74, 6) is 4.41. The minimum absolute atomic E-state index is 0.0150. The average Bonchev–Trinajstić information content (AvgIpc) is 2.68. The maximum atomic E-state index is 12.2. The zero-order chi connectivity index (χ0) is 20.1. The molecule has 0 bridgehead atoms. The molecule has 1 amide bonds. The highest BCUT2D eigenvalue weighted by Gasteiger charge is 2.14. The highest BCUT2D eigenvalue weighted by atomic mass is 35.5. The van der Waals surface area contributed by atoms with E-state index in [1.165, 1.54) is 18.2 Å². The molecular formula is C21H16ClNO5. The minimum atomic E-state index is -0.665. The summed E-state index contributed by atoms with van der Waals surface area (Å²) < 4.78 is 5.13. The zero-order valence-corrected chi connectivity index (χ0v) is 15.4. The number of benzene rings is 2. The number of phenolic OH excluding ortho intramolecular Hbond substituents is 1. The lowest BCUT2D eigenvalue weighted by molar-refractivity contribution is -0.120. The van der Waals surface area contributed by atoms with Crippen LogP contribution in [0, 0.1) is 11.8 Å². The highest BCUT2D eigenvalue weighted by molar-refractivity contribution is 6.30. The van der Waals surface area contributed by atoms with Crippen LogP contribution in [-0.2, 0) is 17.8 Å². The van der Waals surface area contributed by atoms with Gasteiger partial charge in [-0.1, -0.05) is 41.6 Å². The summed E-state index contributed by atoms with van der Waals surface area (Å²) in [7, 11) is 0. The van der Waals surface area contributed by atoms with Crippen LogP contribution in [0.5, 0.6) is 5.75 Å². The van der Waals surface area contributed by atoms with Crippen molar-refractivity contribution in [3.63, 3.8) is 0 Å². The number of aliphatic hydroxyl groups excluding tert-OH is 1. The summed E-state index contributed by atoms with van der Waals surface area (Å²) in [6, 6.07) is 11.5. The van der Waals surface area contributed by atoms with Crippen LogP contribution in [0.15, 0.2) is 51.7 Å². The molecule has 6 nitrogen and oxygen atoms in total. The Hall–Kier alpha value is -3.27. The van der Waals surface area contributed by atoms with Gasteiger partial charge in [-0.15, -0.1) is 0 Å². The summed E-state index contributed by atoms with van der Waals surface area (Å²) in [4.78, 5) is 24.1. The normalized spacial score (nSPS) is 10.4. The Morgan fingerprint density at radius 3 is 2.64 bits per heavy atom. The van der Waals surface area contributed by atoms with Crippen molar-refractivity contribution in [3.8, 4) is 17.6 Å². The van der Waals surface area contributed by atoms with Gasteiger partial charge in [-0.05, 0) is 29.8 Å². The fraction of sp³-hybridized carbons (Fsp3) is 0.143. The Morgan fingerprint density at radius 1 is 1.18 bits per heavy atom. The smallest absolute Gasteiger partial charge is 0.352 e. The number of hydrogen-bond acceptors (Lipinski definition) is 5. The molecule has 0 fully saturated rings. The maximum absolute atomic E-state index is 12.2. The highest BCUT2D eigenvalue weighted by Crippen LogP contribution is 2.29. The van der Waals surface area contributed by atoms with Gasteiger partial charge in [-0.25, -0.2) is 4.79 Å². The van der Waals surface area contributed by atoms with Crippen LogP contribution in [0.25, 0.3) is 11.0 Å². The third kappa shape index (κ3) is 4.52. The number of phenols is 1. The molecule has 3 rings (SSSR count). The van der Waals surface area contributed by atoms with E-state index in [1.54, 1.807) is 12.1 Å². The summed E-state index contributed by atoms with van der Waals surface area (Å²) in [6.45, 7) is -0.0720. The molecule has 0 saturated heterocycles. The molecule has 0 aliphatic heterocycles. The maximum Gasteiger partial charge on any atom is 0.352 e. The fourth-order valence-corrected chi connectivity index (χ4v) is 2.75. The Bertz CT molecular complexity index is 1140. The van der Waals surface area contributed by atoms with E-state index in [2.05, 4.69) is 17.2 Å². The van der Waals surface area contributed by atoms with Gasteiger partial charge in [0.2, 0.25) is 5.91 Å². The lowest BCUT2D eigenvalue weighted by Crippen LogP contribution is -2.24. The minimum Gasteiger partial charge on any atom is -0.507 e. The quantitative estimate of drug-likeness (QED) is 0.463. The van der Waals surface area contributed by atoms with Gasteiger partial charge in [0, 0.05) is 17.1 Å². The van der Waals surface area contributed by atoms with Gasteiger partial charge in [0.15, 0.2) is 0 Å². The van der Waals surface area contributed by atoms with E-state index in [0.29, 0.717) is 17.1 Å². The first-order chi connectivity index (χ1) is 13.5. The number of aromatic hydroxyl groups is 1.